The van der Waals surface area contributed by atoms with Crippen LogP contribution in [0, 0.1) is 5.92 Å². The highest BCUT2D eigenvalue weighted by Gasteiger charge is 2.39. The Morgan fingerprint density at radius 3 is 2.63 bits per heavy atom. The third-order valence-corrected chi connectivity index (χ3v) is 6.28. The van der Waals surface area contributed by atoms with Gasteiger partial charge in [0.25, 0.3) is 0 Å². The van der Waals surface area contributed by atoms with Gasteiger partial charge in [0.1, 0.15) is 0 Å². The first-order valence-electron chi connectivity index (χ1n) is 9.85. The molecule has 0 bridgehead atoms. The van der Waals surface area contributed by atoms with Crippen molar-refractivity contribution in [2.24, 2.45) is 5.92 Å². The number of benzene rings is 2. The molecule has 5 nitrogen and oxygen atoms in total. The molecule has 3 aromatic rings. The third kappa shape index (κ3) is 2.97. The number of hydrogen-bond acceptors (Lipinski definition) is 2. The maximum absolute atomic E-state index is 12.6. The lowest BCUT2D eigenvalue weighted by Gasteiger charge is -2.35. The zero-order valence-electron chi connectivity index (χ0n) is 15.3. The zero-order chi connectivity index (χ0) is 18.2. The molecule has 2 heterocycles. The normalized spacial score (nSPS) is 25.7. The molecule has 27 heavy (non-hydrogen) atoms. The van der Waals surface area contributed by atoms with E-state index >= 15 is 0 Å². The summed E-state index contributed by atoms with van der Waals surface area (Å²) in [7, 11) is 0. The molecule has 2 aliphatic rings. The maximum atomic E-state index is 12.6. The summed E-state index contributed by atoms with van der Waals surface area (Å²) in [4.78, 5) is 22.0. The Morgan fingerprint density at radius 1 is 1.00 bits per heavy atom. The number of urea groups is 1. The number of nitrogens with zero attached hydrogens (tertiary/aromatic N) is 2. The summed E-state index contributed by atoms with van der Waals surface area (Å²) >= 11 is 0. The Balaban J connectivity index is 1.34. The van der Waals surface area contributed by atoms with E-state index in [2.05, 4.69) is 45.6 Å². The quantitative estimate of drug-likeness (QED) is 0.725. The van der Waals surface area contributed by atoms with Gasteiger partial charge in [0.2, 0.25) is 0 Å². The molecule has 1 aliphatic heterocycles. The Morgan fingerprint density at radius 2 is 1.81 bits per heavy atom. The van der Waals surface area contributed by atoms with Gasteiger partial charge < -0.3 is 10.3 Å². The Labute approximate surface area is 158 Å². The number of amides is 2. The minimum absolute atomic E-state index is 0.0176. The fourth-order valence-corrected chi connectivity index (χ4v) is 4.84. The number of fused-ring (bicyclic) bond motifs is 1. The molecule has 2 amide bonds. The van der Waals surface area contributed by atoms with E-state index in [1.807, 2.05) is 23.1 Å². The van der Waals surface area contributed by atoms with Crippen LogP contribution in [0.15, 0.2) is 54.9 Å². The van der Waals surface area contributed by atoms with E-state index in [-0.39, 0.29) is 12.1 Å². The van der Waals surface area contributed by atoms with Crippen molar-refractivity contribution in [2.75, 3.05) is 11.4 Å². The number of rotatable bonds is 3. The van der Waals surface area contributed by atoms with Gasteiger partial charge in [-0.1, -0.05) is 30.3 Å². The molecule has 1 unspecified atom stereocenters. The van der Waals surface area contributed by atoms with Gasteiger partial charge >= 0.3 is 6.03 Å². The minimum Gasteiger partial charge on any atom is -0.345 e. The molecule has 2 fully saturated rings. The van der Waals surface area contributed by atoms with Crippen LogP contribution in [0.2, 0.25) is 0 Å². The monoisotopic (exact) mass is 360 g/mol. The highest BCUT2D eigenvalue weighted by Crippen LogP contribution is 2.40. The standard InChI is InChI=1S/C22H24N4O/c27-22-23-13-21(26(22)18-10-11-19-20(12-18)25-14-24-19)17-8-6-16(7-9-17)15-4-2-1-3-5-15/h1-5,10-12,14,16-17,21H,6-9,13H2,(H,23,27)(H,24,25). The number of aromatic amines is 1. The zero-order valence-corrected chi connectivity index (χ0v) is 15.3. The first-order chi connectivity index (χ1) is 13.3. The molecule has 1 saturated carbocycles. The van der Waals surface area contributed by atoms with Crippen LogP contribution in [-0.4, -0.2) is 28.6 Å². The van der Waals surface area contributed by atoms with Crippen molar-refractivity contribution in [1.82, 2.24) is 15.3 Å². The summed E-state index contributed by atoms with van der Waals surface area (Å²) in [5.74, 6) is 1.20. The van der Waals surface area contributed by atoms with Crippen molar-refractivity contribution in [1.29, 1.82) is 0 Å². The van der Waals surface area contributed by atoms with Gasteiger partial charge in [-0.3, -0.25) is 4.90 Å². The second kappa shape index (κ2) is 6.72. The summed E-state index contributed by atoms with van der Waals surface area (Å²) in [6, 6.07) is 17.1. The van der Waals surface area contributed by atoms with E-state index in [0.29, 0.717) is 11.8 Å². The van der Waals surface area contributed by atoms with Gasteiger partial charge in [0, 0.05) is 12.2 Å². The molecule has 5 heteroatoms. The summed E-state index contributed by atoms with van der Waals surface area (Å²) in [6.45, 7) is 0.737. The van der Waals surface area contributed by atoms with Gasteiger partial charge in [0.05, 0.1) is 23.4 Å². The molecular weight excluding hydrogens is 336 g/mol. The van der Waals surface area contributed by atoms with Crippen LogP contribution in [0.25, 0.3) is 11.0 Å². The number of anilines is 1. The van der Waals surface area contributed by atoms with Gasteiger partial charge in [0.15, 0.2) is 0 Å². The smallest absolute Gasteiger partial charge is 0.322 e. The maximum Gasteiger partial charge on any atom is 0.322 e. The lowest BCUT2D eigenvalue weighted by atomic mass is 9.76. The van der Waals surface area contributed by atoms with Crippen LogP contribution in [0.1, 0.15) is 37.2 Å². The molecular formula is C22H24N4O. The van der Waals surface area contributed by atoms with Crippen molar-refractivity contribution in [2.45, 2.75) is 37.6 Å². The molecule has 138 valence electrons. The van der Waals surface area contributed by atoms with Crippen LogP contribution >= 0.6 is 0 Å². The van der Waals surface area contributed by atoms with Gasteiger partial charge in [-0.05, 0) is 61.3 Å². The number of aromatic nitrogens is 2. The van der Waals surface area contributed by atoms with Crippen LogP contribution in [0.5, 0.6) is 0 Å². The first kappa shape index (κ1) is 16.4. The fraction of sp³-hybridized carbons (Fsp3) is 0.364. The van der Waals surface area contributed by atoms with Crippen LogP contribution < -0.4 is 10.2 Å². The van der Waals surface area contributed by atoms with Gasteiger partial charge in [-0.25, -0.2) is 9.78 Å². The van der Waals surface area contributed by atoms with E-state index < -0.39 is 0 Å². The summed E-state index contributed by atoms with van der Waals surface area (Å²) < 4.78 is 0. The molecule has 2 aromatic carbocycles. The second-order valence-corrected chi connectivity index (χ2v) is 7.75. The van der Waals surface area contributed by atoms with Crippen molar-refractivity contribution in [3.05, 3.63) is 60.4 Å². The number of carbonyl (C=O) groups excluding carboxylic acids is 1. The van der Waals surface area contributed by atoms with E-state index in [9.17, 15) is 4.79 Å². The number of imidazole rings is 1. The lowest BCUT2D eigenvalue weighted by molar-refractivity contribution is 0.249. The second-order valence-electron chi connectivity index (χ2n) is 7.75. The molecule has 0 radical (unpaired) electrons. The molecule has 0 spiro atoms. The van der Waals surface area contributed by atoms with E-state index in [0.717, 1.165) is 23.3 Å². The molecule has 1 atom stereocenters. The van der Waals surface area contributed by atoms with Crippen molar-refractivity contribution in [3.63, 3.8) is 0 Å². The minimum atomic E-state index is 0.0176. The molecule has 5 rings (SSSR count). The Kier molecular flexibility index (Phi) is 4.07. The van der Waals surface area contributed by atoms with Crippen LogP contribution in [-0.2, 0) is 0 Å². The first-order valence-corrected chi connectivity index (χ1v) is 9.85. The number of hydrogen-bond donors (Lipinski definition) is 2. The number of nitrogens with one attached hydrogen (secondary N) is 2. The van der Waals surface area contributed by atoms with Crippen molar-refractivity contribution in [3.8, 4) is 0 Å². The highest BCUT2D eigenvalue weighted by molar-refractivity contribution is 5.96. The average Bonchev–Trinajstić information content (AvgIpc) is 3.34. The summed E-state index contributed by atoms with van der Waals surface area (Å²) in [5, 5.41) is 3.06. The SMILES string of the molecule is O=C1NCC(C2CCC(c3ccccc3)CC2)N1c1ccc2nc[nH]c2c1. The largest absolute Gasteiger partial charge is 0.345 e. The summed E-state index contributed by atoms with van der Waals surface area (Å²) in [5.41, 5.74) is 4.31. The Bertz CT molecular complexity index is 943. The van der Waals surface area contributed by atoms with Crippen molar-refractivity contribution < 1.29 is 4.79 Å². The predicted molar refractivity (Wildman–Crippen MR) is 107 cm³/mol. The van der Waals surface area contributed by atoms with Crippen molar-refractivity contribution >= 4 is 22.8 Å². The number of carbonyl (C=O) groups is 1. The number of H-pyrrole nitrogens is 1. The lowest BCUT2D eigenvalue weighted by Crippen LogP contribution is -2.40. The average molecular weight is 360 g/mol. The van der Waals surface area contributed by atoms with E-state index in [1.165, 1.54) is 31.2 Å². The molecule has 1 aliphatic carbocycles. The molecule has 1 saturated heterocycles. The van der Waals surface area contributed by atoms with Crippen LogP contribution in [0.3, 0.4) is 0 Å². The Hall–Kier alpha value is -2.82. The molecule has 2 N–H and O–H groups in total. The van der Waals surface area contributed by atoms with Crippen LogP contribution in [0.4, 0.5) is 10.5 Å². The van der Waals surface area contributed by atoms with E-state index in [4.69, 9.17) is 0 Å². The van der Waals surface area contributed by atoms with E-state index in [1.54, 1.807) is 6.33 Å². The topological polar surface area (TPSA) is 61.0 Å². The summed E-state index contributed by atoms with van der Waals surface area (Å²) in [6.07, 6.45) is 6.43. The highest BCUT2D eigenvalue weighted by atomic mass is 16.2. The molecule has 1 aromatic heterocycles. The third-order valence-electron chi connectivity index (χ3n) is 6.28. The van der Waals surface area contributed by atoms with Gasteiger partial charge in [-0.2, -0.15) is 0 Å². The predicted octanol–water partition coefficient (Wildman–Crippen LogP) is 4.44. The van der Waals surface area contributed by atoms with Gasteiger partial charge in [-0.15, -0.1) is 0 Å². The fourth-order valence-electron chi connectivity index (χ4n) is 4.84.